The molecule has 0 spiro atoms. The molecule has 0 aromatic carbocycles. The third kappa shape index (κ3) is 3.75. The number of aromatic nitrogens is 1. The van der Waals surface area contributed by atoms with Crippen LogP contribution in [-0.2, 0) is 16.6 Å². The fourth-order valence-corrected chi connectivity index (χ4v) is 2.64. The molecule has 5 heteroatoms. The molecule has 1 atom stereocenters. The number of nitrogens with two attached hydrogens (primary N) is 1. The lowest BCUT2D eigenvalue weighted by atomic mass is 9.93. The summed E-state index contributed by atoms with van der Waals surface area (Å²) in [6, 6.07) is 0.0430. The average molecular weight is 271 g/mol. The highest BCUT2D eigenvalue weighted by Gasteiger charge is 2.29. The Balaban J connectivity index is 2.81. The average Bonchev–Trinajstić information content (AvgIpc) is 2.73. The van der Waals surface area contributed by atoms with Crippen molar-refractivity contribution in [1.29, 1.82) is 0 Å². The third-order valence-electron chi connectivity index (χ3n) is 3.27. The molecule has 1 unspecified atom stereocenters. The molecule has 0 fully saturated rings. The fraction of sp³-hybridized carbons (Fsp3) is 0.769. The Bertz CT molecular complexity index is 382. The molecule has 3 N–H and O–H groups in total. The molecule has 0 aliphatic rings. The van der Waals surface area contributed by atoms with Gasteiger partial charge in [0.15, 0.2) is 0 Å². The van der Waals surface area contributed by atoms with Crippen LogP contribution in [0.2, 0.25) is 0 Å². The predicted octanol–water partition coefficient (Wildman–Crippen LogP) is 2.24. The number of hydrazine groups is 1. The molecule has 1 aromatic heterocycles. The van der Waals surface area contributed by atoms with E-state index in [1.54, 1.807) is 18.4 Å². The van der Waals surface area contributed by atoms with Crippen molar-refractivity contribution in [2.75, 3.05) is 7.11 Å². The van der Waals surface area contributed by atoms with Gasteiger partial charge in [-0.15, -0.1) is 11.3 Å². The Morgan fingerprint density at radius 2 is 2.00 bits per heavy atom. The largest absolute Gasteiger partial charge is 0.377 e. The van der Waals surface area contributed by atoms with Crippen LogP contribution in [0.4, 0.5) is 0 Å². The summed E-state index contributed by atoms with van der Waals surface area (Å²) in [5.74, 6) is 5.62. The lowest BCUT2D eigenvalue weighted by Crippen LogP contribution is -2.52. The van der Waals surface area contributed by atoms with E-state index in [2.05, 4.69) is 36.6 Å². The van der Waals surface area contributed by atoms with Crippen LogP contribution in [0.15, 0.2) is 5.38 Å². The standard InChI is InChI=1S/C13H25N3OS/c1-12(2,3)10-8-18-11(15-10)7-9(16-14)13(4,5)17-6/h8-9,16H,7,14H2,1-6H3. The Morgan fingerprint density at radius 3 is 2.39 bits per heavy atom. The maximum Gasteiger partial charge on any atom is 0.0945 e. The van der Waals surface area contributed by atoms with Crippen molar-refractivity contribution < 1.29 is 4.74 Å². The zero-order chi connectivity index (χ0) is 14.0. The number of thiazole rings is 1. The Kier molecular flexibility index (Phi) is 4.89. The van der Waals surface area contributed by atoms with Gasteiger partial charge in [0.1, 0.15) is 0 Å². The summed E-state index contributed by atoms with van der Waals surface area (Å²) in [6.07, 6.45) is 0.776. The van der Waals surface area contributed by atoms with E-state index in [9.17, 15) is 0 Å². The van der Waals surface area contributed by atoms with Gasteiger partial charge in [0.2, 0.25) is 0 Å². The van der Waals surface area contributed by atoms with Gasteiger partial charge in [-0.25, -0.2) is 4.98 Å². The van der Waals surface area contributed by atoms with Gasteiger partial charge >= 0.3 is 0 Å². The molecule has 1 heterocycles. The van der Waals surface area contributed by atoms with E-state index in [4.69, 9.17) is 10.6 Å². The molecule has 1 rings (SSSR count). The monoisotopic (exact) mass is 271 g/mol. The second-order valence-electron chi connectivity index (χ2n) is 6.11. The van der Waals surface area contributed by atoms with Crippen molar-refractivity contribution in [1.82, 2.24) is 10.4 Å². The first-order valence-electron chi connectivity index (χ1n) is 6.17. The van der Waals surface area contributed by atoms with E-state index in [0.717, 1.165) is 17.1 Å². The lowest BCUT2D eigenvalue weighted by molar-refractivity contribution is -0.0101. The smallest absolute Gasteiger partial charge is 0.0945 e. The van der Waals surface area contributed by atoms with Crippen LogP contribution in [0.1, 0.15) is 45.3 Å². The molecule has 0 bridgehead atoms. The number of rotatable bonds is 5. The highest BCUT2D eigenvalue weighted by molar-refractivity contribution is 7.09. The number of nitrogens with one attached hydrogen (secondary N) is 1. The summed E-state index contributed by atoms with van der Waals surface area (Å²) in [7, 11) is 1.70. The number of hydrogen-bond donors (Lipinski definition) is 2. The van der Waals surface area contributed by atoms with Gasteiger partial charge in [-0.2, -0.15) is 0 Å². The van der Waals surface area contributed by atoms with Crippen molar-refractivity contribution in [3.05, 3.63) is 16.1 Å². The van der Waals surface area contributed by atoms with E-state index in [1.807, 2.05) is 13.8 Å². The number of nitrogens with zero attached hydrogens (tertiary/aromatic N) is 1. The highest BCUT2D eigenvalue weighted by atomic mass is 32.1. The van der Waals surface area contributed by atoms with E-state index >= 15 is 0 Å². The summed E-state index contributed by atoms with van der Waals surface area (Å²) in [5, 5.41) is 3.22. The quantitative estimate of drug-likeness (QED) is 0.637. The molecule has 18 heavy (non-hydrogen) atoms. The summed E-state index contributed by atoms with van der Waals surface area (Å²) in [5.41, 5.74) is 3.74. The van der Waals surface area contributed by atoms with Gasteiger partial charge in [-0.3, -0.25) is 11.3 Å². The topological polar surface area (TPSA) is 60.2 Å². The molecule has 4 nitrogen and oxygen atoms in total. The number of hydrogen-bond acceptors (Lipinski definition) is 5. The first-order chi connectivity index (χ1) is 8.20. The molecular weight excluding hydrogens is 246 g/mol. The minimum atomic E-state index is -0.317. The molecule has 1 aromatic rings. The Morgan fingerprint density at radius 1 is 1.39 bits per heavy atom. The van der Waals surface area contributed by atoms with Crippen LogP contribution in [-0.4, -0.2) is 23.7 Å². The zero-order valence-corrected chi connectivity index (χ0v) is 13.0. The minimum Gasteiger partial charge on any atom is -0.377 e. The highest BCUT2D eigenvalue weighted by Crippen LogP contribution is 2.26. The van der Waals surface area contributed by atoms with Crippen molar-refractivity contribution >= 4 is 11.3 Å². The molecule has 0 radical (unpaired) electrons. The molecule has 104 valence electrons. The van der Waals surface area contributed by atoms with E-state index in [-0.39, 0.29) is 17.1 Å². The normalized spacial score (nSPS) is 14.8. The SMILES string of the molecule is COC(C)(C)C(Cc1nc(C(C)(C)C)cs1)NN. The summed E-state index contributed by atoms with van der Waals surface area (Å²) in [6.45, 7) is 10.6. The van der Waals surface area contributed by atoms with Crippen LogP contribution in [0.5, 0.6) is 0 Å². The van der Waals surface area contributed by atoms with E-state index in [1.165, 1.54) is 0 Å². The predicted molar refractivity (Wildman–Crippen MR) is 76.7 cm³/mol. The third-order valence-corrected chi connectivity index (χ3v) is 4.14. The van der Waals surface area contributed by atoms with E-state index < -0.39 is 0 Å². The van der Waals surface area contributed by atoms with E-state index in [0.29, 0.717) is 0 Å². The van der Waals surface area contributed by atoms with Crippen LogP contribution >= 0.6 is 11.3 Å². The molecule has 0 aliphatic carbocycles. The first kappa shape index (κ1) is 15.6. The first-order valence-corrected chi connectivity index (χ1v) is 7.05. The van der Waals surface area contributed by atoms with Gasteiger partial charge in [-0.1, -0.05) is 20.8 Å². The second kappa shape index (κ2) is 5.65. The fourth-order valence-electron chi connectivity index (χ4n) is 1.57. The molecular formula is C13H25N3OS. The van der Waals surface area contributed by atoms with Gasteiger partial charge < -0.3 is 4.74 Å². The van der Waals surface area contributed by atoms with Crippen molar-refractivity contribution in [3.8, 4) is 0 Å². The van der Waals surface area contributed by atoms with Crippen LogP contribution in [0, 0.1) is 0 Å². The van der Waals surface area contributed by atoms with Gasteiger partial charge in [0.25, 0.3) is 0 Å². The summed E-state index contributed by atoms with van der Waals surface area (Å²) >= 11 is 1.68. The Hall–Kier alpha value is -0.490. The van der Waals surface area contributed by atoms with Crippen molar-refractivity contribution in [3.63, 3.8) is 0 Å². The zero-order valence-electron chi connectivity index (χ0n) is 12.2. The van der Waals surface area contributed by atoms with Crippen molar-refractivity contribution in [2.45, 2.75) is 58.1 Å². The molecule has 0 amide bonds. The Labute approximate surface area is 114 Å². The van der Waals surface area contributed by atoms with Crippen LogP contribution in [0.25, 0.3) is 0 Å². The van der Waals surface area contributed by atoms with Gasteiger partial charge in [0.05, 0.1) is 22.3 Å². The van der Waals surface area contributed by atoms with Gasteiger partial charge in [-0.05, 0) is 13.8 Å². The van der Waals surface area contributed by atoms with Crippen LogP contribution in [0.3, 0.4) is 0 Å². The maximum atomic E-state index is 5.62. The lowest BCUT2D eigenvalue weighted by Gasteiger charge is -2.32. The minimum absolute atomic E-state index is 0.0430. The molecule has 0 saturated heterocycles. The van der Waals surface area contributed by atoms with Gasteiger partial charge in [0, 0.05) is 24.3 Å². The second-order valence-corrected chi connectivity index (χ2v) is 7.05. The number of methoxy groups -OCH3 is 1. The number of ether oxygens (including phenoxy) is 1. The summed E-state index contributed by atoms with van der Waals surface area (Å²) < 4.78 is 5.47. The summed E-state index contributed by atoms with van der Waals surface area (Å²) in [4.78, 5) is 4.68. The van der Waals surface area contributed by atoms with Crippen molar-refractivity contribution in [2.24, 2.45) is 5.84 Å². The van der Waals surface area contributed by atoms with Crippen LogP contribution < -0.4 is 11.3 Å². The maximum absolute atomic E-state index is 5.62. The molecule has 0 aliphatic heterocycles. The molecule has 0 saturated carbocycles.